The molecule has 1 aliphatic rings. The lowest BCUT2D eigenvalue weighted by atomic mass is 9.94. The number of hydrogen-bond donors (Lipinski definition) is 1. The van der Waals surface area contributed by atoms with E-state index in [2.05, 4.69) is 10.3 Å². The molecule has 0 radical (unpaired) electrons. The van der Waals surface area contributed by atoms with Gasteiger partial charge < -0.3 is 19.2 Å². The van der Waals surface area contributed by atoms with E-state index in [1.807, 2.05) is 18.2 Å². The van der Waals surface area contributed by atoms with Crippen molar-refractivity contribution in [3.63, 3.8) is 0 Å². The molecule has 226 valence electrons. The van der Waals surface area contributed by atoms with Crippen LogP contribution in [-0.4, -0.2) is 29.6 Å². The number of furan rings is 1. The molecular weight excluding hydrogens is 596 g/mol. The van der Waals surface area contributed by atoms with Crippen LogP contribution in [0.15, 0.2) is 110 Å². The van der Waals surface area contributed by atoms with Crippen LogP contribution < -0.4 is 29.7 Å². The van der Waals surface area contributed by atoms with Gasteiger partial charge in [-0.05, 0) is 43.3 Å². The number of nitro groups is 1. The van der Waals surface area contributed by atoms with Crippen molar-refractivity contribution in [2.45, 2.75) is 13.0 Å². The smallest absolute Gasteiger partial charge is 0.271 e. The van der Waals surface area contributed by atoms with E-state index in [1.54, 1.807) is 74.7 Å². The number of anilines is 1. The SMILES string of the molecule is COc1ccc([C@H]2C(C(=O)Nc3ccccc3)=C(C)N=c3s/c(=C\c4ccc(-c5cccc([N+](=O)[O-])c5)o4)c(=O)n32)c(OC)c1. The largest absolute Gasteiger partial charge is 0.497 e. The van der Waals surface area contributed by atoms with Crippen molar-refractivity contribution in [1.82, 2.24) is 4.57 Å². The van der Waals surface area contributed by atoms with Gasteiger partial charge in [0.2, 0.25) is 0 Å². The van der Waals surface area contributed by atoms with Gasteiger partial charge in [0, 0.05) is 41.1 Å². The van der Waals surface area contributed by atoms with Crippen LogP contribution in [-0.2, 0) is 4.79 Å². The number of allylic oxidation sites excluding steroid dienone is 1. The van der Waals surface area contributed by atoms with E-state index in [4.69, 9.17) is 13.9 Å². The fourth-order valence-electron chi connectivity index (χ4n) is 5.16. The summed E-state index contributed by atoms with van der Waals surface area (Å²) in [7, 11) is 3.05. The Morgan fingerprint density at radius 3 is 2.58 bits per heavy atom. The predicted molar refractivity (Wildman–Crippen MR) is 169 cm³/mol. The molecule has 2 aromatic heterocycles. The van der Waals surface area contributed by atoms with Gasteiger partial charge in [0.1, 0.15) is 29.1 Å². The van der Waals surface area contributed by atoms with Crippen LogP contribution >= 0.6 is 11.3 Å². The summed E-state index contributed by atoms with van der Waals surface area (Å²) in [6, 6.07) is 22.8. The molecule has 11 nitrogen and oxygen atoms in total. The Balaban J connectivity index is 1.47. The van der Waals surface area contributed by atoms with Crippen LogP contribution in [0.2, 0.25) is 0 Å². The first-order valence-electron chi connectivity index (χ1n) is 13.7. The number of aromatic nitrogens is 1. The average molecular weight is 623 g/mol. The monoisotopic (exact) mass is 622 g/mol. The summed E-state index contributed by atoms with van der Waals surface area (Å²) in [5, 5.41) is 14.2. The lowest BCUT2D eigenvalue weighted by molar-refractivity contribution is -0.384. The number of methoxy groups -OCH3 is 2. The Kier molecular flexibility index (Phi) is 7.88. The second-order valence-electron chi connectivity index (χ2n) is 10.0. The van der Waals surface area contributed by atoms with Crippen molar-refractivity contribution < 1.29 is 23.6 Å². The van der Waals surface area contributed by atoms with Crippen LogP contribution in [0.25, 0.3) is 17.4 Å². The van der Waals surface area contributed by atoms with Gasteiger partial charge in [-0.15, -0.1) is 0 Å². The number of rotatable bonds is 8. The van der Waals surface area contributed by atoms with E-state index in [-0.39, 0.29) is 16.8 Å². The first-order valence-corrected chi connectivity index (χ1v) is 14.5. The molecule has 45 heavy (non-hydrogen) atoms. The van der Waals surface area contributed by atoms with E-state index in [9.17, 15) is 19.7 Å². The van der Waals surface area contributed by atoms with Gasteiger partial charge in [0.05, 0.1) is 34.9 Å². The summed E-state index contributed by atoms with van der Waals surface area (Å²) in [4.78, 5) is 43.8. The minimum Gasteiger partial charge on any atom is -0.497 e. The fraction of sp³-hybridized carbons (Fsp3) is 0.121. The number of carbonyl (C=O) groups excluding carboxylic acids is 1. The molecular formula is C33H26N4O7S. The number of hydrogen-bond acceptors (Lipinski definition) is 9. The number of benzene rings is 3. The first-order chi connectivity index (χ1) is 21.8. The molecule has 0 bridgehead atoms. The zero-order chi connectivity index (χ0) is 31.7. The molecule has 3 aromatic carbocycles. The molecule has 1 amide bonds. The maximum atomic E-state index is 14.1. The van der Waals surface area contributed by atoms with Crippen LogP contribution in [0.3, 0.4) is 0 Å². The molecule has 12 heteroatoms. The van der Waals surface area contributed by atoms with Crippen LogP contribution in [0.1, 0.15) is 24.3 Å². The molecule has 0 aliphatic carbocycles. The quantitative estimate of drug-likeness (QED) is 0.189. The second kappa shape index (κ2) is 12.1. The third kappa shape index (κ3) is 5.66. The number of ether oxygens (including phenoxy) is 2. The van der Waals surface area contributed by atoms with E-state index in [1.165, 1.54) is 23.8 Å². The topological polar surface area (TPSA) is 138 Å². The van der Waals surface area contributed by atoms with Gasteiger partial charge in [0.15, 0.2) is 4.80 Å². The Labute approximate surface area is 260 Å². The summed E-state index contributed by atoms with van der Waals surface area (Å²) >= 11 is 1.16. The molecule has 0 saturated carbocycles. The maximum absolute atomic E-state index is 14.1. The summed E-state index contributed by atoms with van der Waals surface area (Å²) in [5.74, 6) is 1.36. The molecule has 0 unspecified atom stereocenters. The number of nitrogens with zero attached hydrogens (tertiary/aromatic N) is 3. The predicted octanol–water partition coefficient (Wildman–Crippen LogP) is 5.06. The molecule has 6 rings (SSSR count). The molecule has 0 spiro atoms. The summed E-state index contributed by atoms with van der Waals surface area (Å²) in [5.41, 5.74) is 1.99. The standard InChI is InChI=1S/C33H26N4O7S/c1-19-29(31(38)35-21-9-5-4-6-10-21)30(25-14-12-23(42-2)17-27(25)43-3)36-32(39)28(45-33(36)34-19)18-24-13-15-26(44-24)20-8-7-11-22(16-20)37(40)41/h4-18,30H,1-3H3,(H,35,38)/b28-18-/t30-/m0/s1. The zero-order valence-corrected chi connectivity index (χ0v) is 25.2. The van der Waals surface area contributed by atoms with Crippen molar-refractivity contribution in [3.05, 3.63) is 137 Å². The van der Waals surface area contributed by atoms with Crippen molar-refractivity contribution in [2.24, 2.45) is 4.99 Å². The average Bonchev–Trinajstić information content (AvgIpc) is 3.64. The molecule has 5 aromatic rings. The fourth-order valence-corrected chi connectivity index (χ4v) is 6.18. The van der Waals surface area contributed by atoms with Crippen molar-refractivity contribution in [1.29, 1.82) is 0 Å². The zero-order valence-electron chi connectivity index (χ0n) is 24.3. The van der Waals surface area contributed by atoms with Gasteiger partial charge in [0.25, 0.3) is 17.2 Å². The highest BCUT2D eigenvalue weighted by molar-refractivity contribution is 7.07. The van der Waals surface area contributed by atoms with Crippen LogP contribution in [0.5, 0.6) is 11.5 Å². The van der Waals surface area contributed by atoms with E-state index in [0.29, 0.717) is 54.9 Å². The number of nitrogens with one attached hydrogen (secondary N) is 1. The lowest BCUT2D eigenvalue weighted by Crippen LogP contribution is -2.40. The Hall–Kier alpha value is -5.75. The third-order valence-corrected chi connectivity index (χ3v) is 8.26. The third-order valence-electron chi connectivity index (χ3n) is 7.27. The van der Waals surface area contributed by atoms with Gasteiger partial charge >= 0.3 is 0 Å². The van der Waals surface area contributed by atoms with E-state index >= 15 is 0 Å². The molecule has 1 N–H and O–H groups in total. The number of fused-ring (bicyclic) bond motifs is 1. The Morgan fingerprint density at radius 1 is 1.04 bits per heavy atom. The van der Waals surface area contributed by atoms with Crippen LogP contribution in [0, 0.1) is 10.1 Å². The number of non-ortho nitro benzene ring substituents is 1. The molecule has 0 fully saturated rings. The highest BCUT2D eigenvalue weighted by Gasteiger charge is 2.34. The number of carbonyl (C=O) groups is 1. The van der Waals surface area contributed by atoms with Crippen molar-refractivity contribution in [3.8, 4) is 22.8 Å². The highest BCUT2D eigenvalue weighted by Crippen LogP contribution is 2.37. The van der Waals surface area contributed by atoms with E-state index in [0.717, 1.165) is 11.3 Å². The Bertz CT molecular complexity index is 2160. The highest BCUT2D eigenvalue weighted by atomic mass is 32.1. The number of amides is 1. The van der Waals surface area contributed by atoms with Crippen molar-refractivity contribution >= 4 is 34.7 Å². The number of para-hydroxylation sites is 1. The number of nitro benzene ring substituents is 1. The minimum atomic E-state index is -0.870. The first kappa shape index (κ1) is 29.3. The van der Waals surface area contributed by atoms with Crippen LogP contribution in [0.4, 0.5) is 11.4 Å². The van der Waals surface area contributed by atoms with Gasteiger partial charge in [-0.3, -0.25) is 24.3 Å². The summed E-state index contributed by atoms with van der Waals surface area (Å²) < 4.78 is 18.9. The normalized spacial score (nSPS) is 14.5. The van der Waals surface area contributed by atoms with E-state index < -0.39 is 16.9 Å². The van der Waals surface area contributed by atoms with Gasteiger partial charge in [-0.1, -0.05) is 41.7 Å². The number of thiazole rings is 1. The van der Waals surface area contributed by atoms with Crippen molar-refractivity contribution in [2.75, 3.05) is 19.5 Å². The molecule has 1 atom stereocenters. The van der Waals surface area contributed by atoms with Gasteiger partial charge in [-0.2, -0.15) is 0 Å². The second-order valence-corrected chi connectivity index (χ2v) is 11.0. The summed E-state index contributed by atoms with van der Waals surface area (Å²) in [6.07, 6.45) is 1.59. The molecule has 0 saturated heterocycles. The minimum absolute atomic E-state index is 0.0600. The summed E-state index contributed by atoms with van der Waals surface area (Å²) in [6.45, 7) is 1.73. The Morgan fingerprint density at radius 2 is 1.84 bits per heavy atom. The maximum Gasteiger partial charge on any atom is 0.271 e. The lowest BCUT2D eigenvalue weighted by Gasteiger charge is -2.26. The molecule has 1 aliphatic heterocycles. The van der Waals surface area contributed by atoms with Gasteiger partial charge in [-0.25, -0.2) is 4.99 Å². The molecule has 3 heterocycles.